The van der Waals surface area contributed by atoms with E-state index in [9.17, 15) is 9.59 Å². The van der Waals surface area contributed by atoms with E-state index in [1.807, 2.05) is 42.5 Å². The number of nitrogens with zero attached hydrogens (tertiary/aromatic N) is 2. The van der Waals surface area contributed by atoms with Gasteiger partial charge in [0, 0.05) is 12.1 Å². The topological polar surface area (TPSA) is 59.1 Å². The molecule has 0 aromatic heterocycles. The normalized spacial score (nSPS) is 17.3. The van der Waals surface area contributed by atoms with Crippen molar-refractivity contribution in [1.29, 1.82) is 0 Å². The van der Waals surface area contributed by atoms with Crippen LogP contribution in [-0.4, -0.2) is 25.1 Å². The van der Waals surface area contributed by atoms with E-state index >= 15 is 0 Å². The maximum atomic E-state index is 13.1. The van der Waals surface area contributed by atoms with E-state index in [1.165, 1.54) is 4.90 Å². The van der Waals surface area contributed by atoms with Gasteiger partial charge < -0.3 is 9.47 Å². The first-order valence-electron chi connectivity index (χ1n) is 9.33. The van der Waals surface area contributed by atoms with Crippen molar-refractivity contribution in [2.24, 2.45) is 0 Å². The van der Waals surface area contributed by atoms with Gasteiger partial charge in [0.2, 0.25) is 0 Å². The fraction of sp³-hybridized carbons (Fsp3) is 0.130. The largest absolute Gasteiger partial charge is 0.497 e. The summed E-state index contributed by atoms with van der Waals surface area (Å²) in [5.74, 6) is 1.86. The Balaban J connectivity index is 1.40. The first-order valence-corrected chi connectivity index (χ1v) is 9.33. The van der Waals surface area contributed by atoms with Crippen LogP contribution < -0.4 is 19.3 Å². The number of carbonyl (C=O) groups excluding carboxylic acids is 2. The number of hydrogen-bond acceptors (Lipinski definition) is 4. The van der Waals surface area contributed by atoms with Gasteiger partial charge in [-0.1, -0.05) is 18.2 Å². The summed E-state index contributed by atoms with van der Waals surface area (Å²) in [5.41, 5.74) is 2.24. The van der Waals surface area contributed by atoms with E-state index < -0.39 is 6.04 Å². The molecule has 1 atom stereocenters. The molecule has 6 nitrogen and oxygen atoms in total. The highest BCUT2D eigenvalue weighted by Gasteiger charge is 2.50. The van der Waals surface area contributed by atoms with Gasteiger partial charge in [-0.15, -0.1) is 0 Å². The molecule has 0 spiro atoms. The first-order chi connectivity index (χ1) is 14.2. The minimum absolute atomic E-state index is 0.220. The van der Waals surface area contributed by atoms with Crippen LogP contribution in [0, 0.1) is 0 Å². The molecular weight excluding hydrogens is 368 g/mol. The zero-order valence-corrected chi connectivity index (χ0v) is 15.7. The lowest BCUT2D eigenvalue weighted by molar-refractivity contribution is -0.117. The van der Waals surface area contributed by atoms with Crippen LogP contribution >= 0.6 is 0 Å². The summed E-state index contributed by atoms with van der Waals surface area (Å²) in [6.07, 6.45) is 0.489. The van der Waals surface area contributed by atoms with Gasteiger partial charge in [-0.05, 0) is 60.2 Å². The summed E-state index contributed by atoms with van der Waals surface area (Å²) in [4.78, 5) is 28.9. The minimum atomic E-state index is -0.509. The molecule has 2 aliphatic rings. The molecular formula is C23H18N2O4. The Morgan fingerprint density at radius 1 is 0.862 bits per heavy atom. The van der Waals surface area contributed by atoms with Gasteiger partial charge >= 0.3 is 6.03 Å². The second-order valence-electron chi connectivity index (χ2n) is 6.95. The summed E-state index contributed by atoms with van der Waals surface area (Å²) in [6, 6.07) is 21.1. The standard InChI is InChI=1S/C23H18N2O4/c1-28-19-11-12-20-15(13-19)14-21-22(26)24(23(27)25(20)21)16-7-9-18(10-8-16)29-17-5-3-2-4-6-17/h2-13,21H,14H2,1H3. The quantitative estimate of drug-likeness (QED) is 0.624. The monoisotopic (exact) mass is 386 g/mol. The smallest absolute Gasteiger partial charge is 0.336 e. The Bertz CT molecular complexity index is 1100. The fourth-order valence-corrected chi connectivity index (χ4v) is 3.87. The lowest BCUT2D eigenvalue weighted by Gasteiger charge is -2.17. The Labute approximate surface area is 167 Å². The zero-order chi connectivity index (χ0) is 20.0. The zero-order valence-electron chi connectivity index (χ0n) is 15.7. The number of carbonyl (C=O) groups is 2. The van der Waals surface area contributed by atoms with Crippen LogP contribution in [0.15, 0.2) is 72.8 Å². The van der Waals surface area contributed by atoms with E-state index in [4.69, 9.17) is 9.47 Å². The van der Waals surface area contributed by atoms with Crippen molar-refractivity contribution in [2.75, 3.05) is 16.9 Å². The molecule has 0 saturated carbocycles. The molecule has 3 aromatic carbocycles. The third-order valence-corrected chi connectivity index (χ3v) is 5.25. The maximum absolute atomic E-state index is 13.1. The third-order valence-electron chi connectivity index (χ3n) is 5.25. The molecule has 5 rings (SSSR count). The molecule has 29 heavy (non-hydrogen) atoms. The van der Waals surface area contributed by atoms with Gasteiger partial charge in [0.1, 0.15) is 23.3 Å². The molecule has 0 bridgehead atoms. The lowest BCUT2D eigenvalue weighted by Crippen LogP contribution is -2.32. The average molecular weight is 386 g/mol. The van der Waals surface area contributed by atoms with E-state index in [1.54, 1.807) is 42.3 Å². The number of rotatable bonds is 4. The lowest BCUT2D eigenvalue weighted by atomic mass is 10.1. The highest BCUT2D eigenvalue weighted by atomic mass is 16.5. The highest BCUT2D eigenvalue weighted by Crippen LogP contribution is 2.41. The molecule has 6 heteroatoms. The first kappa shape index (κ1) is 17.3. The molecule has 1 saturated heterocycles. The number of methoxy groups -OCH3 is 1. The van der Waals surface area contributed by atoms with E-state index in [0.29, 0.717) is 17.9 Å². The number of ether oxygens (including phenoxy) is 2. The van der Waals surface area contributed by atoms with Crippen LogP contribution in [0.5, 0.6) is 17.2 Å². The Morgan fingerprint density at radius 2 is 1.55 bits per heavy atom. The molecule has 3 aromatic rings. The van der Waals surface area contributed by atoms with Crippen LogP contribution in [0.25, 0.3) is 0 Å². The van der Waals surface area contributed by atoms with Gasteiger partial charge in [0.05, 0.1) is 12.8 Å². The number of benzene rings is 3. The van der Waals surface area contributed by atoms with Gasteiger partial charge in [0.25, 0.3) is 5.91 Å². The second-order valence-corrected chi connectivity index (χ2v) is 6.95. The predicted octanol–water partition coefficient (Wildman–Crippen LogP) is 4.39. The number of urea groups is 1. The molecule has 2 heterocycles. The molecule has 1 fully saturated rings. The second kappa shape index (κ2) is 6.67. The van der Waals surface area contributed by atoms with E-state index in [0.717, 1.165) is 22.7 Å². The van der Waals surface area contributed by atoms with Crippen LogP contribution in [0.1, 0.15) is 5.56 Å². The van der Waals surface area contributed by atoms with Crippen LogP contribution in [0.3, 0.4) is 0 Å². The van der Waals surface area contributed by atoms with Crippen molar-refractivity contribution in [2.45, 2.75) is 12.5 Å². The van der Waals surface area contributed by atoms with Crippen molar-refractivity contribution in [3.8, 4) is 17.2 Å². The summed E-state index contributed by atoms with van der Waals surface area (Å²) >= 11 is 0. The van der Waals surface area contributed by atoms with Crippen molar-refractivity contribution < 1.29 is 19.1 Å². The van der Waals surface area contributed by atoms with Gasteiger partial charge in [0.15, 0.2) is 0 Å². The van der Waals surface area contributed by atoms with Crippen molar-refractivity contribution >= 4 is 23.3 Å². The number of para-hydroxylation sites is 1. The number of anilines is 2. The van der Waals surface area contributed by atoms with Crippen molar-refractivity contribution in [1.82, 2.24) is 0 Å². The number of hydrogen-bond donors (Lipinski definition) is 0. The van der Waals surface area contributed by atoms with E-state index in [-0.39, 0.29) is 11.9 Å². The Morgan fingerprint density at radius 3 is 2.28 bits per heavy atom. The maximum Gasteiger partial charge on any atom is 0.336 e. The fourth-order valence-electron chi connectivity index (χ4n) is 3.87. The molecule has 144 valence electrons. The molecule has 0 aliphatic carbocycles. The molecule has 3 amide bonds. The predicted molar refractivity (Wildman–Crippen MR) is 109 cm³/mol. The molecule has 2 aliphatic heterocycles. The third kappa shape index (κ3) is 2.81. The van der Waals surface area contributed by atoms with Gasteiger partial charge in [-0.2, -0.15) is 0 Å². The summed E-state index contributed by atoms with van der Waals surface area (Å²) in [5, 5.41) is 0. The molecule has 0 radical (unpaired) electrons. The van der Waals surface area contributed by atoms with Gasteiger partial charge in [-0.3, -0.25) is 9.69 Å². The molecule has 0 N–H and O–H groups in total. The Kier molecular flexibility index (Phi) is 3.98. The Hall–Kier alpha value is -3.80. The van der Waals surface area contributed by atoms with Gasteiger partial charge in [-0.25, -0.2) is 9.69 Å². The number of imide groups is 1. The number of fused-ring (bicyclic) bond motifs is 3. The van der Waals surface area contributed by atoms with Crippen LogP contribution in [0.2, 0.25) is 0 Å². The minimum Gasteiger partial charge on any atom is -0.497 e. The van der Waals surface area contributed by atoms with Crippen molar-refractivity contribution in [3.63, 3.8) is 0 Å². The summed E-state index contributed by atoms with van der Waals surface area (Å²) in [7, 11) is 1.60. The molecule has 1 unspecified atom stereocenters. The average Bonchev–Trinajstić information content (AvgIpc) is 3.24. The number of amides is 3. The summed E-state index contributed by atoms with van der Waals surface area (Å²) < 4.78 is 11.0. The highest BCUT2D eigenvalue weighted by molar-refractivity contribution is 6.29. The SMILES string of the molecule is COc1ccc2c(c1)CC1C(=O)N(c3ccc(Oc4ccccc4)cc3)C(=O)N21. The summed E-state index contributed by atoms with van der Waals surface area (Å²) in [6.45, 7) is 0. The van der Waals surface area contributed by atoms with E-state index in [2.05, 4.69) is 0 Å². The van der Waals surface area contributed by atoms with Crippen LogP contribution in [-0.2, 0) is 11.2 Å². The van der Waals surface area contributed by atoms with Crippen molar-refractivity contribution in [3.05, 3.63) is 78.4 Å². The van der Waals surface area contributed by atoms with Crippen LogP contribution in [0.4, 0.5) is 16.2 Å².